The monoisotopic (exact) mass is 284 g/mol. The summed E-state index contributed by atoms with van der Waals surface area (Å²) in [6.07, 6.45) is 6.53. The highest BCUT2D eigenvalue weighted by Gasteiger charge is 2.16. The Balaban J connectivity index is 2.60. The Kier molecular flexibility index (Phi) is 7.18. The van der Waals surface area contributed by atoms with Crippen molar-refractivity contribution < 1.29 is 24.1 Å². The molecule has 0 spiro atoms. The van der Waals surface area contributed by atoms with E-state index in [4.69, 9.17) is 18.9 Å². The molecule has 0 fully saturated rings. The number of methoxy groups -OCH3 is 3. The van der Waals surface area contributed by atoms with E-state index in [0.717, 1.165) is 12.8 Å². The Morgan fingerprint density at radius 1 is 1.20 bits per heavy atom. The number of rotatable bonds is 8. The molecular formula is C15H24O5. The van der Waals surface area contributed by atoms with Crippen molar-refractivity contribution in [2.24, 2.45) is 0 Å². The van der Waals surface area contributed by atoms with Gasteiger partial charge in [-0.3, -0.25) is 0 Å². The molecule has 0 aromatic heterocycles. The van der Waals surface area contributed by atoms with E-state index in [-0.39, 0.29) is 18.0 Å². The summed E-state index contributed by atoms with van der Waals surface area (Å²) in [6, 6.07) is 0. The summed E-state index contributed by atoms with van der Waals surface area (Å²) in [5.41, 5.74) is 0. The summed E-state index contributed by atoms with van der Waals surface area (Å²) in [7, 11) is 4.82. The molecule has 0 saturated carbocycles. The van der Waals surface area contributed by atoms with Crippen LogP contribution in [0.3, 0.4) is 0 Å². The van der Waals surface area contributed by atoms with Crippen LogP contribution in [0.1, 0.15) is 19.8 Å². The van der Waals surface area contributed by atoms with E-state index in [0.29, 0.717) is 18.1 Å². The van der Waals surface area contributed by atoms with E-state index in [1.165, 1.54) is 6.08 Å². The lowest BCUT2D eigenvalue weighted by Gasteiger charge is -2.14. The van der Waals surface area contributed by atoms with Gasteiger partial charge < -0.3 is 24.1 Å². The zero-order valence-electron chi connectivity index (χ0n) is 12.6. The first-order valence-corrected chi connectivity index (χ1v) is 6.67. The van der Waals surface area contributed by atoms with Gasteiger partial charge >= 0.3 is 0 Å². The van der Waals surface area contributed by atoms with Crippen molar-refractivity contribution in [3.05, 3.63) is 35.5 Å². The first kappa shape index (κ1) is 16.6. The predicted octanol–water partition coefficient (Wildman–Crippen LogP) is 2.70. The van der Waals surface area contributed by atoms with Gasteiger partial charge in [0.05, 0.1) is 19.8 Å². The molecule has 5 nitrogen and oxygen atoms in total. The van der Waals surface area contributed by atoms with Crippen molar-refractivity contribution in [1.29, 1.82) is 0 Å². The van der Waals surface area contributed by atoms with E-state index in [1.807, 2.05) is 6.92 Å². The van der Waals surface area contributed by atoms with Crippen LogP contribution in [-0.4, -0.2) is 45.3 Å². The molecule has 0 bridgehead atoms. The van der Waals surface area contributed by atoms with Crippen LogP contribution >= 0.6 is 0 Å². The fraction of sp³-hybridized carbons (Fsp3) is 0.600. The number of hydrogen-bond acceptors (Lipinski definition) is 5. The van der Waals surface area contributed by atoms with Gasteiger partial charge in [-0.1, -0.05) is 0 Å². The Labute approximate surface area is 120 Å². The van der Waals surface area contributed by atoms with Gasteiger partial charge in [0, 0.05) is 20.3 Å². The van der Waals surface area contributed by atoms with Crippen LogP contribution in [0.4, 0.5) is 0 Å². The summed E-state index contributed by atoms with van der Waals surface area (Å²) in [5.74, 6) is 1.16. The van der Waals surface area contributed by atoms with Crippen LogP contribution in [0.2, 0.25) is 0 Å². The van der Waals surface area contributed by atoms with E-state index in [2.05, 4.69) is 0 Å². The molecule has 1 rings (SSSR count). The van der Waals surface area contributed by atoms with Crippen molar-refractivity contribution in [3.8, 4) is 0 Å². The molecule has 0 amide bonds. The molecule has 0 aliphatic heterocycles. The minimum atomic E-state index is -0.337. The molecule has 20 heavy (non-hydrogen) atoms. The van der Waals surface area contributed by atoms with Crippen LogP contribution in [0.15, 0.2) is 35.5 Å². The van der Waals surface area contributed by atoms with Gasteiger partial charge in [-0.2, -0.15) is 0 Å². The number of aliphatic hydroxyl groups is 1. The van der Waals surface area contributed by atoms with E-state index < -0.39 is 0 Å². The Bertz CT molecular complexity index is 384. The maximum Gasteiger partial charge on any atom is 0.164 e. The first-order valence-electron chi connectivity index (χ1n) is 6.67. The second-order valence-electron chi connectivity index (χ2n) is 4.57. The standard InChI is InChI=1S/C15H24O5/c1-11(17-2)6-5-7-20-15-9-12(16)8-13(18-3)10-14(15)19-4/h8-11,13,16H,5-7H2,1-4H3. The molecule has 1 aliphatic carbocycles. The average Bonchev–Trinajstić information content (AvgIpc) is 2.61. The van der Waals surface area contributed by atoms with Gasteiger partial charge in [-0.15, -0.1) is 0 Å². The van der Waals surface area contributed by atoms with Gasteiger partial charge in [0.1, 0.15) is 11.9 Å². The lowest BCUT2D eigenvalue weighted by atomic mass is 10.2. The molecule has 2 unspecified atom stereocenters. The van der Waals surface area contributed by atoms with Crippen LogP contribution in [-0.2, 0) is 18.9 Å². The summed E-state index contributed by atoms with van der Waals surface area (Å²) < 4.78 is 21.3. The topological polar surface area (TPSA) is 57.2 Å². The maximum absolute atomic E-state index is 9.77. The van der Waals surface area contributed by atoms with Gasteiger partial charge in [0.2, 0.25) is 0 Å². The second kappa shape index (κ2) is 8.66. The molecule has 2 atom stereocenters. The summed E-state index contributed by atoms with van der Waals surface area (Å²) >= 11 is 0. The van der Waals surface area contributed by atoms with Gasteiger partial charge in [0.25, 0.3) is 0 Å². The molecule has 0 saturated heterocycles. The van der Waals surface area contributed by atoms with E-state index in [9.17, 15) is 5.11 Å². The maximum atomic E-state index is 9.77. The summed E-state index contributed by atoms with van der Waals surface area (Å²) in [5, 5.41) is 9.77. The average molecular weight is 284 g/mol. The molecule has 5 heteroatoms. The molecule has 1 N–H and O–H groups in total. The molecule has 0 aromatic rings. The van der Waals surface area contributed by atoms with Crippen molar-refractivity contribution in [2.75, 3.05) is 27.9 Å². The first-order chi connectivity index (χ1) is 9.60. The van der Waals surface area contributed by atoms with Crippen molar-refractivity contribution in [1.82, 2.24) is 0 Å². The highest BCUT2D eigenvalue weighted by Crippen LogP contribution is 2.21. The third-order valence-electron chi connectivity index (χ3n) is 3.08. The van der Waals surface area contributed by atoms with E-state index >= 15 is 0 Å². The zero-order valence-corrected chi connectivity index (χ0v) is 12.6. The van der Waals surface area contributed by atoms with Crippen LogP contribution in [0.25, 0.3) is 0 Å². The fourth-order valence-corrected chi connectivity index (χ4v) is 1.79. The summed E-state index contributed by atoms with van der Waals surface area (Å²) in [4.78, 5) is 0. The smallest absolute Gasteiger partial charge is 0.164 e. The van der Waals surface area contributed by atoms with Crippen molar-refractivity contribution in [2.45, 2.75) is 32.0 Å². The number of allylic oxidation sites excluding steroid dienone is 1. The largest absolute Gasteiger partial charge is 0.508 e. The Hall–Kier alpha value is -1.46. The lowest BCUT2D eigenvalue weighted by Crippen LogP contribution is -2.08. The van der Waals surface area contributed by atoms with Gasteiger partial charge in [-0.25, -0.2) is 0 Å². The lowest BCUT2D eigenvalue weighted by molar-refractivity contribution is 0.0965. The SMILES string of the molecule is COC1=CC(OC)C=C(O)C=C1OCCCC(C)OC. The number of aliphatic hydroxyl groups excluding tert-OH is 1. The van der Waals surface area contributed by atoms with Crippen molar-refractivity contribution in [3.63, 3.8) is 0 Å². The number of hydrogen-bond donors (Lipinski definition) is 1. The number of ether oxygens (including phenoxy) is 4. The molecule has 0 heterocycles. The van der Waals surface area contributed by atoms with Crippen LogP contribution in [0.5, 0.6) is 0 Å². The Morgan fingerprint density at radius 2 is 1.95 bits per heavy atom. The predicted molar refractivity (Wildman–Crippen MR) is 76.3 cm³/mol. The van der Waals surface area contributed by atoms with Gasteiger partial charge in [-0.05, 0) is 31.9 Å². The quantitative estimate of drug-likeness (QED) is 0.694. The second-order valence-corrected chi connectivity index (χ2v) is 4.57. The Morgan fingerprint density at radius 3 is 2.55 bits per heavy atom. The highest BCUT2D eigenvalue weighted by atomic mass is 16.5. The molecule has 0 radical (unpaired) electrons. The normalized spacial score (nSPS) is 20.4. The van der Waals surface area contributed by atoms with Crippen LogP contribution < -0.4 is 0 Å². The van der Waals surface area contributed by atoms with Crippen LogP contribution in [0, 0.1) is 0 Å². The van der Waals surface area contributed by atoms with Gasteiger partial charge in [0.15, 0.2) is 11.5 Å². The molecule has 114 valence electrons. The molecule has 1 aliphatic rings. The fourth-order valence-electron chi connectivity index (χ4n) is 1.79. The van der Waals surface area contributed by atoms with Crippen molar-refractivity contribution >= 4 is 0 Å². The third-order valence-corrected chi connectivity index (χ3v) is 3.08. The minimum Gasteiger partial charge on any atom is -0.508 e. The van der Waals surface area contributed by atoms with E-state index in [1.54, 1.807) is 33.5 Å². The molecular weight excluding hydrogens is 260 g/mol. The highest BCUT2D eigenvalue weighted by molar-refractivity contribution is 5.33. The minimum absolute atomic E-state index is 0.0976. The zero-order chi connectivity index (χ0) is 15.0. The molecule has 0 aromatic carbocycles. The third kappa shape index (κ3) is 5.27. The summed E-state index contributed by atoms with van der Waals surface area (Å²) in [6.45, 7) is 2.55.